The molecule has 0 radical (unpaired) electrons. The van der Waals surface area contributed by atoms with Gasteiger partial charge in [0.15, 0.2) is 0 Å². The lowest BCUT2D eigenvalue weighted by molar-refractivity contribution is 0.0746. The Morgan fingerprint density at radius 1 is 1.38 bits per heavy atom. The minimum Gasteiger partial charge on any atom is -0.384 e. The van der Waals surface area contributed by atoms with E-state index in [0.29, 0.717) is 24.5 Å². The van der Waals surface area contributed by atoms with Crippen LogP contribution in [0.5, 0.6) is 0 Å². The highest BCUT2D eigenvalue weighted by Crippen LogP contribution is 2.11. The van der Waals surface area contributed by atoms with Crippen molar-refractivity contribution in [3.8, 4) is 6.07 Å². The van der Waals surface area contributed by atoms with Crippen LogP contribution in [0, 0.1) is 11.3 Å². The highest BCUT2D eigenvalue weighted by atomic mass is 16.2. The normalized spacial score (nSPS) is 9.86. The number of aromatic nitrogens is 2. The molecular formula is C15H15N5O. The molecule has 106 valence electrons. The molecule has 6 heteroatoms. The molecule has 2 N–H and O–H groups in total. The first-order chi connectivity index (χ1) is 10.2. The van der Waals surface area contributed by atoms with Crippen molar-refractivity contribution < 1.29 is 4.79 Å². The van der Waals surface area contributed by atoms with Crippen molar-refractivity contribution in [2.45, 2.75) is 13.0 Å². The van der Waals surface area contributed by atoms with E-state index in [1.807, 2.05) is 12.1 Å². The molecule has 0 atom stereocenters. The van der Waals surface area contributed by atoms with E-state index in [-0.39, 0.29) is 12.3 Å². The molecule has 0 aliphatic carbocycles. The minimum atomic E-state index is -0.178. The Kier molecular flexibility index (Phi) is 4.83. The van der Waals surface area contributed by atoms with Crippen LogP contribution in [0.3, 0.4) is 0 Å². The van der Waals surface area contributed by atoms with E-state index in [1.165, 1.54) is 12.3 Å². The van der Waals surface area contributed by atoms with Crippen LogP contribution < -0.4 is 5.73 Å². The SMILES string of the molecule is N#CCCN(Cc1cccnc1)C(=O)c1ccnc(N)c1. The van der Waals surface area contributed by atoms with Crippen LogP contribution in [0.15, 0.2) is 42.9 Å². The Balaban J connectivity index is 2.19. The molecule has 0 fully saturated rings. The van der Waals surface area contributed by atoms with E-state index in [1.54, 1.807) is 23.4 Å². The first-order valence-electron chi connectivity index (χ1n) is 6.47. The third kappa shape index (κ3) is 4.01. The van der Waals surface area contributed by atoms with Gasteiger partial charge in [-0.15, -0.1) is 0 Å². The van der Waals surface area contributed by atoms with Gasteiger partial charge in [-0.05, 0) is 23.8 Å². The second kappa shape index (κ2) is 7.01. The van der Waals surface area contributed by atoms with Gasteiger partial charge in [-0.1, -0.05) is 6.07 Å². The highest BCUT2D eigenvalue weighted by molar-refractivity contribution is 5.94. The average Bonchev–Trinajstić information content (AvgIpc) is 2.51. The van der Waals surface area contributed by atoms with Crippen LogP contribution >= 0.6 is 0 Å². The molecule has 2 heterocycles. The summed E-state index contributed by atoms with van der Waals surface area (Å²) in [4.78, 5) is 22.0. The van der Waals surface area contributed by atoms with Crippen molar-refractivity contribution in [1.29, 1.82) is 5.26 Å². The predicted octanol–water partition coefficient (Wildman–Crippen LogP) is 1.61. The van der Waals surface area contributed by atoms with E-state index < -0.39 is 0 Å². The summed E-state index contributed by atoms with van der Waals surface area (Å²) < 4.78 is 0. The number of anilines is 1. The van der Waals surface area contributed by atoms with Gasteiger partial charge in [0.25, 0.3) is 5.91 Å². The van der Waals surface area contributed by atoms with Gasteiger partial charge >= 0.3 is 0 Å². The number of carbonyl (C=O) groups excluding carboxylic acids is 1. The molecule has 6 nitrogen and oxygen atoms in total. The van der Waals surface area contributed by atoms with E-state index >= 15 is 0 Å². The lowest BCUT2D eigenvalue weighted by atomic mass is 10.2. The maximum Gasteiger partial charge on any atom is 0.254 e. The molecular weight excluding hydrogens is 266 g/mol. The molecule has 21 heavy (non-hydrogen) atoms. The summed E-state index contributed by atoms with van der Waals surface area (Å²) >= 11 is 0. The summed E-state index contributed by atoms with van der Waals surface area (Å²) in [5, 5.41) is 8.75. The number of amides is 1. The van der Waals surface area contributed by atoms with Crippen molar-refractivity contribution >= 4 is 11.7 Å². The van der Waals surface area contributed by atoms with E-state index in [0.717, 1.165) is 5.56 Å². The summed E-state index contributed by atoms with van der Waals surface area (Å²) in [6.45, 7) is 0.753. The van der Waals surface area contributed by atoms with E-state index in [2.05, 4.69) is 16.0 Å². The molecule has 2 aromatic rings. The zero-order chi connectivity index (χ0) is 15.1. The van der Waals surface area contributed by atoms with Gasteiger partial charge in [-0.2, -0.15) is 5.26 Å². The highest BCUT2D eigenvalue weighted by Gasteiger charge is 2.16. The number of nitriles is 1. The maximum absolute atomic E-state index is 12.5. The van der Waals surface area contributed by atoms with Gasteiger partial charge in [0.2, 0.25) is 0 Å². The molecule has 2 aromatic heterocycles. The van der Waals surface area contributed by atoms with Crippen LogP contribution in [0.1, 0.15) is 22.3 Å². The lowest BCUT2D eigenvalue weighted by Gasteiger charge is -2.21. The number of hydrogen-bond donors (Lipinski definition) is 1. The number of carbonyl (C=O) groups is 1. The molecule has 0 spiro atoms. The maximum atomic E-state index is 12.5. The Morgan fingerprint density at radius 3 is 2.90 bits per heavy atom. The number of nitrogens with zero attached hydrogens (tertiary/aromatic N) is 4. The molecule has 0 saturated carbocycles. The van der Waals surface area contributed by atoms with Crippen LogP contribution in [0.4, 0.5) is 5.82 Å². The van der Waals surface area contributed by atoms with Gasteiger partial charge in [-0.3, -0.25) is 9.78 Å². The third-order valence-electron chi connectivity index (χ3n) is 2.91. The monoisotopic (exact) mass is 281 g/mol. The standard InChI is InChI=1S/C15H15N5O/c16-5-2-8-20(11-12-3-1-6-18-10-12)15(21)13-4-7-19-14(17)9-13/h1,3-4,6-7,9-10H,2,8,11H2,(H2,17,19). The number of hydrogen-bond acceptors (Lipinski definition) is 5. The number of pyridine rings is 2. The van der Waals surface area contributed by atoms with E-state index in [9.17, 15) is 4.79 Å². The summed E-state index contributed by atoms with van der Waals surface area (Å²) in [5.41, 5.74) is 6.98. The first-order valence-corrected chi connectivity index (χ1v) is 6.47. The van der Waals surface area contributed by atoms with Gasteiger partial charge in [0, 0.05) is 37.2 Å². The summed E-state index contributed by atoms with van der Waals surface area (Å²) in [6, 6.07) is 8.90. The largest absolute Gasteiger partial charge is 0.384 e. The minimum absolute atomic E-state index is 0.178. The molecule has 0 aliphatic rings. The zero-order valence-corrected chi connectivity index (χ0v) is 11.4. The second-order valence-corrected chi connectivity index (χ2v) is 4.47. The molecule has 0 aromatic carbocycles. The molecule has 2 rings (SSSR count). The summed E-state index contributed by atoms with van der Waals surface area (Å²) in [7, 11) is 0. The summed E-state index contributed by atoms with van der Waals surface area (Å²) in [5.74, 6) is 0.116. The molecule has 1 amide bonds. The topological polar surface area (TPSA) is 95.9 Å². The predicted molar refractivity (Wildman–Crippen MR) is 77.9 cm³/mol. The quantitative estimate of drug-likeness (QED) is 0.898. The van der Waals surface area contributed by atoms with Crippen molar-refractivity contribution in [3.63, 3.8) is 0 Å². The molecule has 0 unspecified atom stereocenters. The average molecular weight is 281 g/mol. The fraction of sp³-hybridized carbons (Fsp3) is 0.200. The van der Waals surface area contributed by atoms with Crippen molar-refractivity contribution in [2.24, 2.45) is 0 Å². The molecule has 0 saturated heterocycles. The van der Waals surface area contributed by atoms with Crippen molar-refractivity contribution in [3.05, 3.63) is 54.0 Å². The molecule has 0 aliphatic heterocycles. The molecule has 0 bridgehead atoms. The number of rotatable bonds is 5. The Bertz CT molecular complexity index is 651. The number of nitrogens with two attached hydrogens (primary N) is 1. The van der Waals surface area contributed by atoms with Gasteiger partial charge in [-0.25, -0.2) is 4.98 Å². The Labute approximate surface area is 122 Å². The van der Waals surface area contributed by atoms with Crippen molar-refractivity contribution in [1.82, 2.24) is 14.9 Å². The fourth-order valence-corrected chi connectivity index (χ4v) is 1.91. The number of nitrogen functional groups attached to an aromatic ring is 1. The smallest absolute Gasteiger partial charge is 0.254 e. The second-order valence-electron chi connectivity index (χ2n) is 4.47. The van der Waals surface area contributed by atoms with Crippen LogP contribution in [0.2, 0.25) is 0 Å². The van der Waals surface area contributed by atoms with Gasteiger partial charge in [0.1, 0.15) is 5.82 Å². The van der Waals surface area contributed by atoms with Crippen molar-refractivity contribution in [2.75, 3.05) is 12.3 Å². The van der Waals surface area contributed by atoms with Crippen LogP contribution in [-0.4, -0.2) is 27.3 Å². The van der Waals surface area contributed by atoms with Gasteiger partial charge < -0.3 is 10.6 Å². The fourth-order valence-electron chi connectivity index (χ4n) is 1.91. The third-order valence-corrected chi connectivity index (χ3v) is 2.91. The zero-order valence-electron chi connectivity index (χ0n) is 11.4. The van der Waals surface area contributed by atoms with Gasteiger partial charge in [0.05, 0.1) is 12.5 Å². The first kappa shape index (κ1) is 14.5. The Morgan fingerprint density at radius 2 is 2.24 bits per heavy atom. The summed E-state index contributed by atoms with van der Waals surface area (Å²) in [6.07, 6.45) is 5.14. The van der Waals surface area contributed by atoms with Crippen LogP contribution in [-0.2, 0) is 6.54 Å². The lowest BCUT2D eigenvalue weighted by Crippen LogP contribution is -2.31. The Hall–Kier alpha value is -2.94. The van der Waals surface area contributed by atoms with E-state index in [4.69, 9.17) is 11.0 Å². The van der Waals surface area contributed by atoms with Crippen LogP contribution in [0.25, 0.3) is 0 Å².